The summed E-state index contributed by atoms with van der Waals surface area (Å²) in [6.45, 7) is 0.837. The van der Waals surface area contributed by atoms with Gasteiger partial charge in [0.2, 0.25) is 0 Å². The second kappa shape index (κ2) is 8.10. The molecule has 2 aromatic rings. The molecule has 0 aliphatic carbocycles. The van der Waals surface area contributed by atoms with E-state index < -0.39 is 0 Å². The van der Waals surface area contributed by atoms with Gasteiger partial charge < -0.3 is 9.80 Å². The van der Waals surface area contributed by atoms with Crippen molar-refractivity contribution in [2.45, 2.75) is 38.1 Å². The van der Waals surface area contributed by atoms with Crippen molar-refractivity contribution in [1.82, 2.24) is 14.9 Å². The summed E-state index contributed by atoms with van der Waals surface area (Å²) in [6.07, 6.45) is 8.55. The van der Waals surface area contributed by atoms with E-state index in [4.69, 9.17) is 4.98 Å². The average molecular weight is 338 g/mol. The largest absolute Gasteiger partial charge is 0.363 e. The third kappa shape index (κ3) is 4.35. The van der Waals surface area contributed by atoms with Crippen LogP contribution in [0.15, 0.2) is 42.7 Å². The van der Waals surface area contributed by atoms with Gasteiger partial charge in [0.05, 0.1) is 5.56 Å². The third-order valence-corrected chi connectivity index (χ3v) is 4.78. The maximum atomic E-state index is 12.8. The van der Waals surface area contributed by atoms with Gasteiger partial charge in [-0.25, -0.2) is 4.98 Å². The van der Waals surface area contributed by atoms with E-state index in [1.54, 1.807) is 12.4 Å². The predicted molar refractivity (Wildman–Crippen MR) is 99.8 cm³/mol. The molecule has 0 saturated carbocycles. The highest BCUT2D eigenvalue weighted by atomic mass is 16.2. The number of rotatable bonds is 5. The Morgan fingerprint density at radius 3 is 2.88 bits per heavy atom. The molecule has 1 fully saturated rings. The maximum Gasteiger partial charge on any atom is 0.255 e. The number of carbonyl (C=O) groups is 1. The number of piperidine rings is 1. The van der Waals surface area contributed by atoms with Gasteiger partial charge in [0.15, 0.2) is 0 Å². The van der Waals surface area contributed by atoms with E-state index in [9.17, 15) is 4.79 Å². The van der Waals surface area contributed by atoms with Gasteiger partial charge in [0.1, 0.15) is 5.82 Å². The zero-order valence-corrected chi connectivity index (χ0v) is 15.1. The first-order valence-corrected chi connectivity index (χ1v) is 8.99. The van der Waals surface area contributed by atoms with E-state index in [0.717, 1.165) is 43.7 Å². The summed E-state index contributed by atoms with van der Waals surface area (Å²) in [5, 5.41) is 0. The van der Waals surface area contributed by atoms with Crippen molar-refractivity contribution in [3.05, 3.63) is 54.0 Å². The van der Waals surface area contributed by atoms with Crippen molar-refractivity contribution in [2.24, 2.45) is 0 Å². The summed E-state index contributed by atoms with van der Waals surface area (Å²) in [7, 11) is 4.00. The van der Waals surface area contributed by atoms with Crippen molar-refractivity contribution in [3.63, 3.8) is 0 Å². The molecule has 3 heterocycles. The molecule has 1 aliphatic rings. The third-order valence-electron chi connectivity index (χ3n) is 4.78. The molecule has 2 aromatic heterocycles. The van der Waals surface area contributed by atoms with Crippen molar-refractivity contribution in [2.75, 3.05) is 25.5 Å². The molecule has 25 heavy (non-hydrogen) atoms. The molecule has 3 rings (SSSR count). The van der Waals surface area contributed by atoms with E-state index >= 15 is 0 Å². The summed E-state index contributed by atoms with van der Waals surface area (Å²) in [6, 6.07) is 10.1. The van der Waals surface area contributed by atoms with Gasteiger partial charge in [0.25, 0.3) is 5.91 Å². The minimum atomic E-state index is 0.104. The SMILES string of the molecule is CN(C)c1cccc(CC[C@@H]2CCCCN2C(=O)c2cccnc2)n1. The second-order valence-corrected chi connectivity index (χ2v) is 6.81. The quantitative estimate of drug-likeness (QED) is 0.840. The molecule has 0 spiro atoms. The lowest BCUT2D eigenvalue weighted by Crippen LogP contribution is -2.44. The lowest BCUT2D eigenvalue weighted by atomic mass is 9.96. The normalized spacial score (nSPS) is 17.4. The van der Waals surface area contributed by atoms with Crippen molar-refractivity contribution in [1.29, 1.82) is 0 Å². The fraction of sp³-hybridized carbons (Fsp3) is 0.450. The molecular weight excluding hydrogens is 312 g/mol. The van der Waals surface area contributed by atoms with E-state index in [0.29, 0.717) is 5.56 Å². The molecule has 1 saturated heterocycles. The summed E-state index contributed by atoms with van der Waals surface area (Å²) >= 11 is 0. The number of likely N-dealkylation sites (tertiary alicyclic amines) is 1. The molecule has 0 bridgehead atoms. The average Bonchev–Trinajstić information content (AvgIpc) is 2.67. The molecule has 1 aliphatic heterocycles. The number of hydrogen-bond donors (Lipinski definition) is 0. The zero-order chi connectivity index (χ0) is 17.6. The Labute approximate surface area is 149 Å². The van der Waals surface area contributed by atoms with Gasteiger partial charge in [-0.1, -0.05) is 6.07 Å². The number of aryl methyl sites for hydroxylation is 1. The van der Waals surface area contributed by atoms with Crippen LogP contribution in [0.2, 0.25) is 0 Å². The molecule has 0 N–H and O–H groups in total. The molecule has 0 unspecified atom stereocenters. The van der Waals surface area contributed by atoms with Gasteiger partial charge in [-0.2, -0.15) is 0 Å². The fourth-order valence-electron chi connectivity index (χ4n) is 3.39. The first-order valence-electron chi connectivity index (χ1n) is 8.99. The van der Waals surface area contributed by atoms with Crippen LogP contribution in [0.4, 0.5) is 5.82 Å². The highest BCUT2D eigenvalue weighted by Crippen LogP contribution is 2.23. The Hall–Kier alpha value is -2.43. The molecule has 5 heteroatoms. The minimum absolute atomic E-state index is 0.104. The number of carbonyl (C=O) groups excluding carboxylic acids is 1. The Kier molecular flexibility index (Phi) is 5.64. The number of amides is 1. The van der Waals surface area contributed by atoms with Crippen molar-refractivity contribution in [3.8, 4) is 0 Å². The summed E-state index contributed by atoms with van der Waals surface area (Å²) in [5.74, 6) is 1.08. The van der Waals surface area contributed by atoms with E-state index in [1.807, 2.05) is 42.1 Å². The van der Waals surface area contributed by atoms with Crippen molar-refractivity contribution >= 4 is 11.7 Å². The molecule has 0 radical (unpaired) electrons. The zero-order valence-electron chi connectivity index (χ0n) is 15.1. The Balaban J connectivity index is 1.67. The lowest BCUT2D eigenvalue weighted by molar-refractivity contribution is 0.0601. The van der Waals surface area contributed by atoms with Crippen LogP contribution < -0.4 is 4.90 Å². The fourth-order valence-corrected chi connectivity index (χ4v) is 3.39. The highest BCUT2D eigenvalue weighted by molar-refractivity contribution is 5.94. The number of pyridine rings is 2. The number of hydrogen-bond acceptors (Lipinski definition) is 4. The van der Waals surface area contributed by atoms with Gasteiger partial charge >= 0.3 is 0 Å². The number of aromatic nitrogens is 2. The van der Waals surface area contributed by atoms with Crippen LogP contribution in [0.5, 0.6) is 0 Å². The topological polar surface area (TPSA) is 49.3 Å². The van der Waals surface area contributed by atoms with Gasteiger partial charge in [0, 0.05) is 44.8 Å². The van der Waals surface area contributed by atoms with Crippen LogP contribution in [0.1, 0.15) is 41.7 Å². The van der Waals surface area contributed by atoms with Crippen LogP contribution in [-0.2, 0) is 6.42 Å². The molecule has 132 valence electrons. The molecular formula is C20H26N4O. The summed E-state index contributed by atoms with van der Waals surface area (Å²) in [5.41, 5.74) is 1.77. The number of anilines is 1. The Morgan fingerprint density at radius 1 is 1.24 bits per heavy atom. The first kappa shape index (κ1) is 17.4. The van der Waals surface area contributed by atoms with Crippen LogP contribution in [0.25, 0.3) is 0 Å². The highest BCUT2D eigenvalue weighted by Gasteiger charge is 2.27. The Morgan fingerprint density at radius 2 is 2.12 bits per heavy atom. The Bertz CT molecular complexity index is 702. The molecule has 5 nitrogen and oxygen atoms in total. The van der Waals surface area contributed by atoms with Crippen molar-refractivity contribution < 1.29 is 4.79 Å². The van der Waals surface area contributed by atoms with Crippen LogP contribution >= 0.6 is 0 Å². The van der Waals surface area contributed by atoms with Crippen LogP contribution in [0.3, 0.4) is 0 Å². The van der Waals surface area contributed by atoms with E-state index in [-0.39, 0.29) is 11.9 Å². The van der Waals surface area contributed by atoms with Gasteiger partial charge in [-0.15, -0.1) is 0 Å². The predicted octanol–water partition coefficient (Wildman–Crippen LogP) is 3.17. The smallest absolute Gasteiger partial charge is 0.255 e. The van der Waals surface area contributed by atoms with Gasteiger partial charge in [-0.3, -0.25) is 9.78 Å². The maximum absolute atomic E-state index is 12.8. The number of nitrogens with zero attached hydrogens (tertiary/aromatic N) is 4. The van der Waals surface area contributed by atoms with Crippen LogP contribution in [-0.4, -0.2) is 47.5 Å². The summed E-state index contributed by atoms with van der Waals surface area (Å²) < 4.78 is 0. The lowest BCUT2D eigenvalue weighted by Gasteiger charge is -2.36. The van der Waals surface area contributed by atoms with Gasteiger partial charge in [-0.05, 0) is 56.4 Å². The first-order chi connectivity index (χ1) is 12.1. The standard InChI is InChI=1S/C20H26N4O/c1-23(2)19-10-5-8-17(22-19)11-12-18-9-3-4-14-24(18)20(25)16-7-6-13-21-15-16/h5-8,10,13,15,18H,3-4,9,11-12,14H2,1-2H3/t18-/m0/s1. The molecule has 0 aromatic carbocycles. The molecule has 1 amide bonds. The van der Waals surface area contributed by atoms with E-state index in [1.165, 1.54) is 6.42 Å². The van der Waals surface area contributed by atoms with Crippen LogP contribution in [0, 0.1) is 0 Å². The monoisotopic (exact) mass is 338 g/mol. The van der Waals surface area contributed by atoms with E-state index in [2.05, 4.69) is 17.1 Å². The molecule has 1 atom stereocenters. The minimum Gasteiger partial charge on any atom is -0.363 e. The summed E-state index contributed by atoms with van der Waals surface area (Å²) in [4.78, 5) is 25.7. The second-order valence-electron chi connectivity index (χ2n) is 6.81.